The van der Waals surface area contributed by atoms with Crippen LogP contribution in [0.15, 0.2) is 12.4 Å². The number of rotatable bonds is 3. The maximum Gasteiger partial charge on any atom is 0.227 e. The Balaban J connectivity index is 1.68. The van der Waals surface area contributed by atoms with Crippen molar-refractivity contribution in [1.82, 2.24) is 19.4 Å². The summed E-state index contributed by atoms with van der Waals surface area (Å²) in [4.78, 5) is 24.6. The summed E-state index contributed by atoms with van der Waals surface area (Å²) in [5.74, 6) is 1.65. The lowest BCUT2D eigenvalue weighted by Gasteiger charge is -2.32. The second-order valence-electron chi connectivity index (χ2n) is 5.99. The molecule has 0 saturated carbocycles. The Labute approximate surface area is 135 Å². The first-order valence-electron chi connectivity index (χ1n) is 7.72. The van der Waals surface area contributed by atoms with Gasteiger partial charge in [-0.2, -0.15) is 0 Å². The molecule has 118 valence electrons. The third-order valence-electron chi connectivity index (χ3n) is 4.31. The Morgan fingerprint density at radius 2 is 2.27 bits per heavy atom. The predicted molar refractivity (Wildman–Crippen MR) is 87.1 cm³/mol. The van der Waals surface area contributed by atoms with Crippen LogP contribution in [0.3, 0.4) is 0 Å². The van der Waals surface area contributed by atoms with Crippen LogP contribution in [0, 0.1) is 13.8 Å². The minimum atomic E-state index is 0.214. The van der Waals surface area contributed by atoms with Gasteiger partial charge in [0.2, 0.25) is 5.91 Å². The number of thiazole rings is 1. The molecule has 3 heterocycles. The molecule has 1 saturated heterocycles. The van der Waals surface area contributed by atoms with Gasteiger partial charge in [0, 0.05) is 43.3 Å². The van der Waals surface area contributed by atoms with Gasteiger partial charge in [0.1, 0.15) is 5.82 Å². The molecule has 1 aliphatic rings. The standard InChI is InChI=1S/C16H22N4OS/c1-11-14(22-12(2)18-11)9-15(21)20-7-4-5-13(10-20)16-17-6-8-19(16)3/h6,8,13H,4-5,7,9-10H2,1-3H3. The monoisotopic (exact) mass is 318 g/mol. The second-order valence-corrected chi connectivity index (χ2v) is 7.28. The van der Waals surface area contributed by atoms with Gasteiger partial charge in [-0.1, -0.05) is 0 Å². The molecule has 1 amide bonds. The number of nitrogens with zero attached hydrogens (tertiary/aromatic N) is 4. The molecule has 0 radical (unpaired) electrons. The lowest BCUT2D eigenvalue weighted by molar-refractivity contribution is -0.131. The summed E-state index contributed by atoms with van der Waals surface area (Å²) in [6.45, 7) is 5.61. The van der Waals surface area contributed by atoms with Gasteiger partial charge in [0.15, 0.2) is 0 Å². The maximum atomic E-state index is 12.6. The fourth-order valence-corrected chi connectivity index (χ4v) is 4.10. The van der Waals surface area contributed by atoms with E-state index in [9.17, 15) is 4.79 Å². The first-order valence-corrected chi connectivity index (χ1v) is 8.54. The zero-order valence-corrected chi connectivity index (χ0v) is 14.2. The Bertz CT molecular complexity index is 675. The molecule has 0 bridgehead atoms. The van der Waals surface area contributed by atoms with Crippen molar-refractivity contribution in [1.29, 1.82) is 0 Å². The molecular formula is C16H22N4OS. The summed E-state index contributed by atoms with van der Waals surface area (Å²) in [5.41, 5.74) is 0.994. The summed E-state index contributed by atoms with van der Waals surface area (Å²) in [6.07, 6.45) is 6.43. The van der Waals surface area contributed by atoms with E-state index in [0.717, 1.165) is 47.3 Å². The smallest absolute Gasteiger partial charge is 0.227 e. The molecule has 0 aromatic carbocycles. The van der Waals surface area contributed by atoms with Gasteiger partial charge >= 0.3 is 0 Å². The van der Waals surface area contributed by atoms with E-state index in [1.54, 1.807) is 11.3 Å². The van der Waals surface area contributed by atoms with Gasteiger partial charge in [-0.05, 0) is 26.7 Å². The third kappa shape index (κ3) is 3.06. The number of aryl methyl sites for hydroxylation is 3. The normalized spacial score (nSPS) is 18.7. The highest BCUT2D eigenvalue weighted by molar-refractivity contribution is 7.11. The minimum Gasteiger partial charge on any atom is -0.342 e. The Hall–Kier alpha value is -1.69. The van der Waals surface area contributed by atoms with Crippen molar-refractivity contribution in [3.05, 3.63) is 33.8 Å². The SMILES string of the molecule is Cc1nc(C)c(CC(=O)N2CCCC(c3nccn3C)C2)s1. The van der Waals surface area contributed by atoms with Crippen molar-refractivity contribution in [2.24, 2.45) is 7.05 Å². The van der Waals surface area contributed by atoms with Crippen LogP contribution in [0.5, 0.6) is 0 Å². The summed E-state index contributed by atoms with van der Waals surface area (Å²) >= 11 is 1.63. The summed E-state index contributed by atoms with van der Waals surface area (Å²) < 4.78 is 2.06. The number of piperidine rings is 1. The summed E-state index contributed by atoms with van der Waals surface area (Å²) in [7, 11) is 2.02. The molecule has 5 nitrogen and oxygen atoms in total. The Morgan fingerprint density at radius 1 is 1.45 bits per heavy atom. The van der Waals surface area contributed by atoms with E-state index in [0.29, 0.717) is 12.3 Å². The van der Waals surface area contributed by atoms with Crippen LogP contribution in [0.4, 0.5) is 0 Å². The molecule has 0 aliphatic carbocycles. The van der Waals surface area contributed by atoms with Gasteiger partial charge in [0.25, 0.3) is 0 Å². The molecule has 1 aliphatic heterocycles. The first kappa shape index (κ1) is 15.2. The molecule has 0 N–H and O–H groups in total. The molecule has 3 rings (SSSR count). The van der Waals surface area contributed by atoms with Crippen LogP contribution >= 0.6 is 11.3 Å². The van der Waals surface area contributed by atoms with E-state index >= 15 is 0 Å². The van der Waals surface area contributed by atoms with Gasteiger partial charge in [-0.15, -0.1) is 11.3 Å². The van der Waals surface area contributed by atoms with Crippen LogP contribution in [0.2, 0.25) is 0 Å². The van der Waals surface area contributed by atoms with Crippen LogP contribution in [0.25, 0.3) is 0 Å². The van der Waals surface area contributed by atoms with Crippen molar-refractivity contribution in [2.75, 3.05) is 13.1 Å². The van der Waals surface area contributed by atoms with E-state index in [4.69, 9.17) is 0 Å². The lowest BCUT2D eigenvalue weighted by atomic mass is 9.97. The van der Waals surface area contributed by atoms with E-state index in [2.05, 4.69) is 14.5 Å². The number of likely N-dealkylation sites (tertiary alicyclic amines) is 1. The van der Waals surface area contributed by atoms with Crippen molar-refractivity contribution in [3.63, 3.8) is 0 Å². The molecule has 22 heavy (non-hydrogen) atoms. The van der Waals surface area contributed by atoms with Gasteiger partial charge in [-0.3, -0.25) is 4.79 Å². The van der Waals surface area contributed by atoms with E-state index in [1.165, 1.54) is 0 Å². The molecule has 0 spiro atoms. The maximum absolute atomic E-state index is 12.6. The zero-order valence-electron chi connectivity index (χ0n) is 13.4. The van der Waals surface area contributed by atoms with E-state index < -0.39 is 0 Å². The average Bonchev–Trinajstić information content (AvgIpc) is 3.05. The number of carbonyl (C=O) groups excluding carboxylic acids is 1. The average molecular weight is 318 g/mol. The molecule has 6 heteroatoms. The lowest BCUT2D eigenvalue weighted by Crippen LogP contribution is -2.40. The van der Waals surface area contributed by atoms with E-state index in [-0.39, 0.29) is 5.91 Å². The van der Waals surface area contributed by atoms with Crippen LogP contribution in [-0.4, -0.2) is 38.4 Å². The van der Waals surface area contributed by atoms with Crippen LogP contribution in [-0.2, 0) is 18.3 Å². The Kier molecular flexibility index (Phi) is 4.29. The molecule has 2 aromatic rings. The molecular weight excluding hydrogens is 296 g/mol. The minimum absolute atomic E-state index is 0.214. The second kappa shape index (κ2) is 6.20. The van der Waals surface area contributed by atoms with Gasteiger partial charge in [-0.25, -0.2) is 9.97 Å². The summed E-state index contributed by atoms with van der Waals surface area (Å²) in [5, 5.41) is 1.03. The highest BCUT2D eigenvalue weighted by Gasteiger charge is 2.27. The van der Waals surface area contributed by atoms with Crippen molar-refractivity contribution < 1.29 is 4.79 Å². The molecule has 1 unspecified atom stereocenters. The number of aromatic nitrogens is 3. The number of carbonyl (C=O) groups is 1. The molecule has 1 fully saturated rings. The van der Waals surface area contributed by atoms with Crippen molar-refractivity contribution >= 4 is 17.2 Å². The highest BCUT2D eigenvalue weighted by Crippen LogP contribution is 2.26. The topological polar surface area (TPSA) is 51.0 Å². The number of imidazole rings is 1. The highest BCUT2D eigenvalue weighted by atomic mass is 32.1. The predicted octanol–water partition coefficient (Wildman–Crippen LogP) is 2.44. The largest absolute Gasteiger partial charge is 0.342 e. The zero-order chi connectivity index (χ0) is 15.7. The summed E-state index contributed by atoms with van der Waals surface area (Å²) in [6, 6.07) is 0. The van der Waals surface area contributed by atoms with Gasteiger partial charge < -0.3 is 9.47 Å². The fraction of sp³-hybridized carbons (Fsp3) is 0.562. The van der Waals surface area contributed by atoms with E-state index in [1.807, 2.05) is 38.2 Å². The molecule has 1 atom stereocenters. The first-order chi connectivity index (χ1) is 10.5. The number of hydrogen-bond acceptors (Lipinski definition) is 4. The van der Waals surface area contributed by atoms with Crippen LogP contribution < -0.4 is 0 Å². The van der Waals surface area contributed by atoms with Crippen LogP contribution in [0.1, 0.15) is 40.2 Å². The number of hydrogen-bond donors (Lipinski definition) is 0. The Morgan fingerprint density at radius 3 is 2.91 bits per heavy atom. The van der Waals surface area contributed by atoms with Crippen molar-refractivity contribution in [2.45, 2.75) is 39.0 Å². The van der Waals surface area contributed by atoms with Crippen molar-refractivity contribution in [3.8, 4) is 0 Å². The fourth-order valence-electron chi connectivity index (χ4n) is 3.17. The number of amides is 1. The third-order valence-corrected chi connectivity index (χ3v) is 5.38. The molecule has 2 aromatic heterocycles. The van der Waals surface area contributed by atoms with Gasteiger partial charge in [0.05, 0.1) is 17.1 Å². The quantitative estimate of drug-likeness (QED) is 0.873.